The van der Waals surface area contributed by atoms with Crippen molar-refractivity contribution < 1.29 is 14.1 Å². The van der Waals surface area contributed by atoms with Crippen LogP contribution in [-0.2, 0) is 4.79 Å². The van der Waals surface area contributed by atoms with Crippen LogP contribution in [-0.4, -0.2) is 64.7 Å². The molecule has 0 aliphatic carbocycles. The number of para-hydroxylation sites is 1. The number of ether oxygens (including phenoxy) is 1. The zero-order chi connectivity index (χ0) is 18.8. The van der Waals surface area contributed by atoms with Crippen molar-refractivity contribution in [3.05, 3.63) is 30.1 Å². The summed E-state index contributed by atoms with van der Waals surface area (Å²) >= 11 is 0. The Labute approximate surface area is 159 Å². The van der Waals surface area contributed by atoms with E-state index in [2.05, 4.69) is 22.1 Å². The maximum atomic E-state index is 12.9. The Morgan fingerprint density at radius 3 is 2.89 bits per heavy atom. The second-order valence-corrected chi connectivity index (χ2v) is 7.42. The van der Waals surface area contributed by atoms with Gasteiger partial charge < -0.3 is 19.1 Å². The van der Waals surface area contributed by atoms with Gasteiger partial charge >= 0.3 is 0 Å². The van der Waals surface area contributed by atoms with E-state index >= 15 is 0 Å². The quantitative estimate of drug-likeness (QED) is 0.823. The molecule has 7 heteroatoms. The number of rotatable bonds is 4. The van der Waals surface area contributed by atoms with Crippen molar-refractivity contribution in [3.63, 3.8) is 0 Å². The molecule has 2 aliphatic rings. The highest BCUT2D eigenvalue weighted by Crippen LogP contribution is 2.31. The summed E-state index contributed by atoms with van der Waals surface area (Å²) in [5.74, 6) is 1.61. The lowest BCUT2D eigenvalue weighted by Crippen LogP contribution is -2.45. The number of carbonyl (C=O) groups is 1. The van der Waals surface area contributed by atoms with Crippen LogP contribution in [0.4, 0.5) is 0 Å². The molecule has 0 spiro atoms. The molecule has 0 radical (unpaired) electrons. The lowest BCUT2D eigenvalue weighted by atomic mass is 10.0. The van der Waals surface area contributed by atoms with Crippen molar-refractivity contribution >= 4 is 5.91 Å². The fraction of sp³-hybridized carbons (Fsp3) is 0.550. The van der Waals surface area contributed by atoms with Crippen molar-refractivity contribution in [2.45, 2.75) is 44.7 Å². The predicted octanol–water partition coefficient (Wildman–Crippen LogP) is 2.51. The normalized spacial score (nSPS) is 23.1. The van der Waals surface area contributed by atoms with Crippen LogP contribution < -0.4 is 4.74 Å². The minimum Gasteiger partial charge on any atom is -0.483 e. The number of fused-ring (bicyclic) bond motifs is 1. The van der Waals surface area contributed by atoms with Gasteiger partial charge in [-0.25, -0.2) is 0 Å². The van der Waals surface area contributed by atoms with Gasteiger partial charge in [0.25, 0.3) is 11.8 Å². The molecule has 1 aromatic carbocycles. The molecule has 2 aliphatic heterocycles. The Hall–Kier alpha value is -2.41. The van der Waals surface area contributed by atoms with Crippen LogP contribution >= 0.6 is 0 Å². The predicted molar refractivity (Wildman–Crippen MR) is 100 cm³/mol. The highest BCUT2D eigenvalue weighted by Gasteiger charge is 2.39. The van der Waals surface area contributed by atoms with E-state index in [0.29, 0.717) is 35.1 Å². The highest BCUT2D eigenvalue weighted by molar-refractivity contribution is 5.79. The second kappa shape index (κ2) is 7.68. The fourth-order valence-corrected chi connectivity index (χ4v) is 4.29. The van der Waals surface area contributed by atoms with Crippen LogP contribution in [0.2, 0.25) is 0 Å². The van der Waals surface area contributed by atoms with Crippen LogP contribution in [0.15, 0.2) is 28.8 Å². The number of benzene rings is 1. The van der Waals surface area contributed by atoms with Crippen LogP contribution in [0.25, 0.3) is 11.5 Å². The summed E-state index contributed by atoms with van der Waals surface area (Å²) in [6.45, 7) is 3.73. The number of hydrogen-bond acceptors (Lipinski definition) is 6. The lowest BCUT2D eigenvalue weighted by molar-refractivity contribution is -0.134. The summed E-state index contributed by atoms with van der Waals surface area (Å²) in [6.07, 6.45) is 4.51. The Morgan fingerprint density at radius 2 is 2.07 bits per heavy atom. The standard InChI is InChI=1S/C20H26N4O3/c1-14-21-20(27-22-14)15-7-3-4-9-18(15)26-13-19(25)24-12-10-16-17(24)8-5-6-11-23(16)2/h3-4,7,9,16-17H,5-6,8,10-13H2,1-2H3/t16-,17-/m1/s1. The van der Waals surface area contributed by atoms with Crippen molar-refractivity contribution in [2.24, 2.45) is 0 Å². The van der Waals surface area contributed by atoms with Gasteiger partial charge in [0.2, 0.25) is 0 Å². The number of nitrogens with zero attached hydrogens (tertiary/aromatic N) is 4. The number of hydrogen-bond donors (Lipinski definition) is 0. The average Bonchev–Trinajstić information content (AvgIpc) is 3.25. The molecular weight excluding hydrogens is 344 g/mol. The van der Waals surface area contributed by atoms with E-state index in [1.165, 1.54) is 12.8 Å². The zero-order valence-corrected chi connectivity index (χ0v) is 15.9. The molecule has 4 rings (SSSR count). The molecular formula is C20H26N4O3. The SMILES string of the molecule is Cc1noc(-c2ccccc2OCC(=O)N2CC[C@@H]3[C@H]2CCCCN3C)n1. The first-order chi connectivity index (χ1) is 13.1. The highest BCUT2D eigenvalue weighted by atomic mass is 16.5. The molecule has 2 fully saturated rings. The Kier molecular flexibility index (Phi) is 5.11. The fourth-order valence-electron chi connectivity index (χ4n) is 4.29. The summed E-state index contributed by atoms with van der Waals surface area (Å²) in [4.78, 5) is 21.6. The second-order valence-electron chi connectivity index (χ2n) is 7.42. The lowest BCUT2D eigenvalue weighted by Gasteiger charge is -2.30. The van der Waals surface area contributed by atoms with Crippen molar-refractivity contribution in [2.75, 3.05) is 26.7 Å². The third-order valence-corrected chi connectivity index (χ3v) is 5.65. The van der Waals surface area contributed by atoms with Gasteiger partial charge in [-0.05, 0) is 51.9 Å². The molecule has 2 saturated heterocycles. The van der Waals surface area contributed by atoms with E-state index in [9.17, 15) is 4.79 Å². The molecule has 7 nitrogen and oxygen atoms in total. The smallest absolute Gasteiger partial charge is 0.261 e. The van der Waals surface area contributed by atoms with E-state index in [-0.39, 0.29) is 12.5 Å². The minimum absolute atomic E-state index is 0.0249. The molecule has 0 saturated carbocycles. The van der Waals surface area contributed by atoms with Gasteiger partial charge in [0.1, 0.15) is 5.75 Å². The van der Waals surface area contributed by atoms with Crippen LogP contribution in [0.1, 0.15) is 31.5 Å². The summed E-state index contributed by atoms with van der Waals surface area (Å²) in [7, 11) is 2.18. The van der Waals surface area contributed by atoms with E-state index in [1.807, 2.05) is 29.2 Å². The van der Waals surface area contributed by atoms with Gasteiger partial charge in [0.05, 0.1) is 5.56 Å². The summed E-state index contributed by atoms with van der Waals surface area (Å²) in [6, 6.07) is 8.23. The largest absolute Gasteiger partial charge is 0.483 e. The maximum Gasteiger partial charge on any atom is 0.261 e. The van der Waals surface area contributed by atoms with Crippen molar-refractivity contribution in [1.29, 1.82) is 0 Å². The third-order valence-electron chi connectivity index (χ3n) is 5.65. The first-order valence-electron chi connectivity index (χ1n) is 9.65. The molecule has 144 valence electrons. The van der Waals surface area contributed by atoms with Crippen molar-refractivity contribution in [3.8, 4) is 17.2 Å². The number of amides is 1. The summed E-state index contributed by atoms with van der Waals surface area (Å²) < 4.78 is 11.1. The van der Waals surface area contributed by atoms with E-state index in [0.717, 1.165) is 25.9 Å². The van der Waals surface area contributed by atoms with Gasteiger partial charge in [-0.3, -0.25) is 4.79 Å². The zero-order valence-electron chi connectivity index (χ0n) is 15.9. The van der Waals surface area contributed by atoms with Gasteiger partial charge in [0.15, 0.2) is 12.4 Å². The average molecular weight is 370 g/mol. The van der Waals surface area contributed by atoms with Crippen LogP contribution in [0.5, 0.6) is 5.75 Å². The monoisotopic (exact) mass is 370 g/mol. The van der Waals surface area contributed by atoms with E-state index in [4.69, 9.17) is 9.26 Å². The van der Waals surface area contributed by atoms with Gasteiger partial charge in [-0.15, -0.1) is 0 Å². The maximum absolute atomic E-state index is 12.9. The number of likely N-dealkylation sites (tertiary alicyclic amines) is 2. The molecule has 1 aromatic heterocycles. The summed E-state index contributed by atoms with van der Waals surface area (Å²) in [5, 5.41) is 3.83. The first kappa shape index (κ1) is 18.0. The van der Waals surface area contributed by atoms with Crippen LogP contribution in [0.3, 0.4) is 0 Å². The van der Waals surface area contributed by atoms with Crippen LogP contribution in [0, 0.1) is 6.92 Å². The van der Waals surface area contributed by atoms with E-state index in [1.54, 1.807) is 6.92 Å². The summed E-state index contributed by atoms with van der Waals surface area (Å²) in [5.41, 5.74) is 0.708. The van der Waals surface area contributed by atoms with Gasteiger partial charge in [-0.1, -0.05) is 23.7 Å². The molecule has 27 heavy (non-hydrogen) atoms. The Balaban J connectivity index is 1.44. The molecule has 3 heterocycles. The molecule has 0 N–H and O–H groups in total. The molecule has 0 bridgehead atoms. The Morgan fingerprint density at radius 1 is 1.22 bits per heavy atom. The molecule has 0 unspecified atom stereocenters. The minimum atomic E-state index is 0.0249. The van der Waals surface area contributed by atoms with E-state index < -0.39 is 0 Å². The first-order valence-corrected chi connectivity index (χ1v) is 9.65. The number of carbonyl (C=O) groups excluding carboxylic acids is 1. The van der Waals surface area contributed by atoms with Gasteiger partial charge in [-0.2, -0.15) is 4.98 Å². The third kappa shape index (κ3) is 3.69. The molecule has 1 amide bonds. The molecule has 2 aromatic rings. The topological polar surface area (TPSA) is 71.7 Å². The van der Waals surface area contributed by atoms with Gasteiger partial charge in [0, 0.05) is 18.6 Å². The van der Waals surface area contributed by atoms with Crippen molar-refractivity contribution in [1.82, 2.24) is 19.9 Å². The Bertz CT molecular complexity index is 806. The number of aryl methyl sites for hydroxylation is 1. The number of likely N-dealkylation sites (N-methyl/N-ethyl adjacent to an activating group) is 1. The molecule has 2 atom stereocenters. The number of aromatic nitrogens is 2.